The first-order chi connectivity index (χ1) is 11.7. The fourth-order valence-electron chi connectivity index (χ4n) is 2.15. The molecule has 0 spiro atoms. The number of nitrogens with zero attached hydrogens (tertiary/aromatic N) is 1. The van der Waals surface area contributed by atoms with E-state index in [1.54, 1.807) is 31.2 Å². The van der Waals surface area contributed by atoms with Gasteiger partial charge in [-0.3, -0.25) is 4.79 Å². The number of nitrogens with one attached hydrogen (secondary N) is 1. The Labute approximate surface area is 151 Å². The van der Waals surface area contributed by atoms with Crippen LogP contribution < -0.4 is 10.1 Å². The number of hydrogen-bond acceptors (Lipinski definition) is 5. The summed E-state index contributed by atoms with van der Waals surface area (Å²) in [6, 6.07) is 6.54. The summed E-state index contributed by atoms with van der Waals surface area (Å²) in [5.74, 6) is 0.330. The number of carbonyl (C=O) groups excluding carboxylic acids is 1. The molecule has 25 heavy (non-hydrogen) atoms. The molecule has 1 aromatic heterocycles. The minimum absolute atomic E-state index is 0.0317. The van der Waals surface area contributed by atoms with Gasteiger partial charge in [0.25, 0.3) is 0 Å². The number of halogens is 1. The maximum atomic E-state index is 12.3. The maximum Gasteiger partial charge on any atom is 0.239 e. The molecule has 0 aliphatic heterocycles. The van der Waals surface area contributed by atoms with E-state index in [0.29, 0.717) is 22.2 Å². The van der Waals surface area contributed by atoms with Crippen molar-refractivity contribution in [3.63, 3.8) is 0 Å². The predicted octanol–water partition coefficient (Wildman–Crippen LogP) is 2.65. The number of carbonyl (C=O) groups is 1. The Hall–Kier alpha value is -2.03. The Kier molecular flexibility index (Phi) is 6.10. The normalized spacial score (nSPS) is 11.6. The summed E-state index contributed by atoms with van der Waals surface area (Å²) in [7, 11) is -2.14. The Morgan fingerprint density at radius 2 is 2.12 bits per heavy atom. The second-order valence-electron chi connectivity index (χ2n) is 5.46. The first-order valence-corrected chi connectivity index (χ1v) is 9.55. The van der Waals surface area contributed by atoms with Gasteiger partial charge in [-0.05, 0) is 30.7 Å². The molecule has 7 nitrogen and oxygen atoms in total. The number of ether oxygens (including phenoxy) is 1. The Morgan fingerprint density at radius 1 is 1.40 bits per heavy atom. The third kappa shape index (κ3) is 5.22. The fraction of sp³-hybridized carbons (Fsp3) is 0.312. The van der Waals surface area contributed by atoms with Crippen LogP contribution in [-0.2, 0) is 21.4 Å². The number of anilines is 1. The number of hydrogen-bond donors (Lipinski definition) is 1. The van der Waals surface area contributed by atoms with Gasteiger partial charge in [0.15, 0.2) is 0 Å². The number of aryl methyl sites for hydroxylation is 1. The lowest BCUT2D eigenvalue weighted by atomic mass is 10.2. The molecule has 0 aliphatic carbocycles. The second kappa shape index (κ2) is 7.90. The lowest BCUT2D eigenvalue weighted by Crippen LogP contribution is -2.36. The van der Waals surface area contributed by atoms with E-state index in [-0.39, 0.29) is 13.1 Å². The van der Waals surface area contributed by atoms with Gasteiger partial charge in [0, 0.05) is 11.1 Å². The first-order valence-electron chi connectivity index (χ1n) is 7.32. The summed E-state index contributed by atoms with van der Waals surface area (Å²) in [6.45, 7) is 1.40. The van der Waals surface area contributed by atoms with Gasteiger partial charge in [0.2, 0.25) is 15.9 Å². The summed E-state index contributed by atoms with van der Waals surface area (Å²) >= 11 is 6.03. The van der Waals surface area contributed by atoms with Crippen LogP contribution in [-0.4, -0.2) is 38.5 Å². The standard InChI is InChI=1S/C16H19ClN2O5S/c1-11-7-14(15(23-2)8-13(11)17)18-16(20)10-19(25(3,21)22)9-12-5-4-6-24-12/h4-8H,9-10H2,1-3H3,(H,18,20). The third-order valence-electron chi connectivity index (χ3n) is 3.46. The number of furan rings is 1. The topological polar surface area (TPSA) is 88.8 Å². The van der Waals surface area contributed by atoms with E-state index in [4.69, 9.17) is 20.8 Å². The van der Waals surface area contributed by atoms with Crippen LogP contribution in [0.3, 0.4) is 0 Å². The van der Waals surface area contributed by atoms with Crippen molar-refractivity contribution < 1.29 is 22.4 Å². The molecule has 0 radical (unpaired) electrons. The van der Waals surface area contributed by atoms with Crippen LogP contribution in [0.4, 0.5) is 5.69 Å². The molecular weight excluding hydrogens is 368 g/mol. The predicted molar refractivity (Wildman–Crippen MR) is 95.3 cm³/mol. The quantitative estimate of drug-likeness (QED) is 0.790. The zero-order valence-electron chi connectivity index (χ0n) is 14.1. The highest BCUT2D eigenvalue weighted by Crippen LogP contribution is 2.30. The average molecular weight is 387 g/mol. The Morgan fingerprint density at radius 3 is 2.68 bits per heavy atom. The van der Waals surface area contributed by atoms with E-state index >= 15 is 0 Å². The minimum Gasteiger partial charge on any atom is -0.495 e. The van der Waals surface area contributed by atoms with E-state index in [1.165, 1.54) is 13.4 Å². The van der Waals surface area contributed by atoms with Crippen molar-refractivity contribution in [2.75, 3.05) is 25.2 Å². The molecule has 2 rings (SSSR count). The lowest BCUT2D eigenvalue weighted by molar-refractivity contribution is -0.116. The monoisotopic (exact) mass is 386 g/mol. The van der Waals surface area contributed by atoms with Crippen molar-refractivity contribution in [3.05, 3.63) is 46.9 Å². The molecular formula is C16H19ClN2O5S. The number of benzene rings is 1. The van der Waals surface area contributed by atoms with E-state index < -0.39 is 15.9 Å². The van der Waals surface area contributed by atoms with E-state index in [1.807, 2.05) is 0 Å². The zero-order valence-corrected chi connectivity index (χ0v) is 15.6. The van der Waals surface area contributed by atoms with Crippen molar-refractivity contribution in [1.82, 2.24) is 4.31 Å². The molecule has 0 atom stereocenters. The second-order valence-corrected chi connectivity index (χ2v) is 7.85. The maximum absolute atomic E-state index is 12.3. The average Bonchev–Trinajstić information content (AvgIpc) is 3.02. The summed E-state index contributed by atoms with van der Waals surface area (Å²) in [4.78, 5) is 12.3. The molecule has 0 saturated heterocycles. The van der Waals surface area contributed by atoms with E-state index in [2.05, 4.69) is 5.32 Å². The molecule has 136 valence electrons. The number of methoxy groups -OCH3 is 1. The SMILES string of the molecule is COc1cc(Cl)c(C)cc1NC(=O)CN(Cc1ccco1)S(C)(=O)=O. The van der Waals surface area contributed by atoms with Crippen molar-refractivity contribution in [2.45, 2.75) is 13.5 Å². The largest absolute Gasteiger partial charge is 0.495 e. The Balaban J connectivity index is 2.15. The summed E-state index contributed by atoms with van der Waals surface area (Å²) < 4.78 is 35.2. The van der Waals surface area contributed by atoms with Crippen LogP contribution in [0, 0.1) is 6.92 Å². The van der Waals surface area contributed by atoms with Gasteiger partial charge in [-0.2, -0.15) is 4.31 Å². The molecule has 1 amide bonds. The van der Waals surface area contributed by atoms with Crippen LogP contribution in [0.15, 0.2) is 34.9 Å². The fourth-order valence-corrected chi connectivity index (χ4v) is 3.01. The van der Waals surface area contributed by atoms with Gasteiger partial charge in [-0.25, -0.2) is 8.42 Å². The molecule has 0 unspecified atom stereocenters. The van der Waals surface area contributed by atoms with Crippen LogP contribution in [0.1, 0.15) is 11.3 Å². The van der Waals surface area contributed by atoms with Crippen LogP contribution >= 0.6 is 11.6 Å². The molecule has 2 aromatic rings. The molecule has 1 N–H and O–H groups in total. The van der Waals surface area contributed by atoms with E-state index in [0.717, 1.165) is 16.1 Å². The molecule has 0 saturated carbocycles. The van der Waals surface area contributed by atoms with Gasteiger partial charge in [0.1, 0.15) is 11.5 Å². The summed E-state index contributed by atoms with van der Waals surface area (Å²) in [6.07, 6.45) is 2.48. The lowest BCUT2D eigenvalue weighted by Gasteiger charge is -2.19. The molecule has 0 bridgehead atoms. The highest BCUT2D eigenvalue weighted by Gasteiger charge is 2.22. The molecule has 1 aromatic carbocycles. The summed E-state index contributed by atoms with van der Waals surface area (Å²) in [5.41, 5.74) is 1.18. The van der Waals surface area contributed by atoms with Gasteiger partial charge in [0.05, 0.1) is 38.4 Å². The van der Waals surface area contributed by atoms with Gasteiger partial charge in [-0.15, -0.1) is 0 Å². The van der Waals surface area contributed by atoms with Crippen LogP contribution in [0.2, 0.25) is 5.02 Å². The van der Waals surface area contributed by atoms with E-state index in [9.17, 15) is 13.2 Å². The molecule has 0 aliphatic rings. The van der Waals surface area contributed by atoms with Gasteiger partial charge < -0.3 is 14.5 Å². The first kappa shape index (κ1) is 19.3. The number of sulfonamides is 1. The highest BCUT2D eigenvalue weighted by molar-refractivity contribution is 7.88. The Bertz CT molecular complexity index is 850. The molecule has 0 fully saturated rings. The smallest absolute Gasteiger partial charge is 0.239 e. The van der Waals surface area contributed by atoms with Gasteiger partial charge >= 0.3 is 0 Å². The third-order valence-corrected chi connectivity index (χ3v) is 5.06. The molecule has 1 heterocycles. The number of amides is 1. The zero-order chi connectivity index (χ0) is 18.6. The minimum atomic E-state index is -3.60. The van der Waals surface area contributed by atoms with Crippen molar-refractivity contribution in [2.24, 2.45) is 0 Å². The van der Waals surface area contributed by atoms with Crippen molar-refractivity contribution >= 4 is 33.2 Å². The van der Waals surface area contributed by atoms with Crippen LogP contribution in [0.5, 0.6) is 5.75 Å². The summed E-state index contributed by atoms with van der Waals surface area (Å²) in [5, 5.41) is 3.16. The molecule has 9 heteroatoms. The van der Waals surface area contributed by atoms with Crippen molar-refractivity contribution in [3.8, 4) is 5.75 Å². The van der Waals surface area contributed by atoms with Gasteiger partial charge in [-0.1, -0.05) is 11.6 Å². The highest BCUT2D eigenvalue weighted by atomic mass is 35.5. The van der Waals surface area contributed by atoms with Crippen molar-refractivity contribution in [1.29, 1.82) is 0 Å². The van der Waals surface area contributed by atoms with Crippen LogP contribution in [0.25, 0.3) is 0 Å². The number of rotatable bonds is 7.